The number of rotatable bonds is 5. The van der Waals surface area contributed by atoms with Gasteiger partial charge in [0.05, 0.1) is 16.3 Å². The Bertz CT molecular complexity index is 987. The Morgan fingerprint density at radius 2 is 1.83 bits per heavy atom. The van der Waals surface area contributed by atoms with Gasteiger partial charge in [-0.15, -0.1) is 0 Å². The van der Waals surface area contributed by atoms with Crippen LogP contribution in [-0.2, 0) is 4.79 Å². The number of hydrogen-bond acceptors (Lipinski definition) is 5. The zero-order valence-electron chi connectivity index (χ0n) is 16.9. The van der Waals surface area contributed by atoms with E-state index in [2.05, 4.69) is 10.2 Å². The van der Waals surface area contributed by atoms with Gasteiger partial charge in [0.2, 0.25) is 5.91 Å². The minimum Gasteiger partial charge on any atom is -0.366 e. The SMILES string of the molecule is CCC(=O)N1CCN(c2ccc(Cl)cc2NC(=O)c2ccc(C)c([N+](=O)[O-])c2)CC1. The molecule has 0 spiro atoms. The van der Waals surface area contributed by atoms with E-state index in [0.29, 0.717) is 48.9 Å². The van der Waals surface area contributed by atoms with Crippen molar-refractivity contribution in [3.05, 3.63) is 62.7 Å². The summed E-state index contributed by atoms with van der Waals surface area (Å²) in [6.45, 7) is 5.94. The zero-order chi connectivity index (χ0) is 21.8. The predicted molar refractivity (Wildman–Crippen MR) is 116 cm³/mol. The number of hydrogen-bond donors (Lipinski definition) is 1. The average Bonchev–Trinajstić information content (AvgIpc) is 2.73. The molecule has 9 heteroatoms. The van der Waals surface area contributed by atoms with E-state index in [0.717, 1.165) is 5.69 Å². The van der Waals surface area contributed by atoms with Gasteiger partial charge in [-0.2, -0.15) is 0 Å². The Hall–Kier alpha value is -3.13. The number of amides is 2. The largest absolute Gasteiger partial charge is 0.366 e. The third kappa shape index (κ3) is 4.71. The van der Waals surface area contributed by atoms with Crippen LogP contribution in [0, 0.1) is 17.0 Å². The molecule has 0 radical (unpaired) electrons. The first-order valence-corrected chi connectivity index (χ1v) is 10.1. The molecule has 30 heavy (non-hydrogen) atoms. The smallest absolute Gasteiger partial charge is 0.273 e. The van der Waals surface area contributed by atoms with Gasteiger partial charge in [0.15, 0.2) is 0 Å². The summed E-state index contributed by atoms with van der Waals surface area (Å²) in [5.74, 6) is -0.332. The van der Waals surface area contributed by atoms with Crippen LogP contribution in [0.5, 0.6) is 0 Å². The summed E-state index contributed by atoms with van der Waals surface area (Å²) < 4.78 is 0. The highest BCUT2D eigenvalue weighted by Gasteiger charge is 2.23. The standard InChI is InChI=1S/C21H23ClN4O4/c1-3-20(27)25-10-8-24(9-11-25)18-7-6-16(22)13-17(18)23-21(28)15-5-4-14(2)19(12-15)26(29)30/h4-7,12-13H,3,8-11H2,1-2H3,(H,23,28). The van der Waals surface area contributed by atoms with Crippen molar-refractivity contribution in [3.8, 4) is 0 Å². The Kier molecular flexibility index (Phi) is 6.56. The van der Waals surface area contributed by atoms with Crippen LogP contribution < -0.4 is 10.2 Å². The number of nitro benzene ring substituents is 1. The Morgan fingerprint density at radius 1 is 1.13 bits per heavy atom. The van der Waals surface area contributed by atoms with Crippen LogP contribution in [0.3, 0.4) is 0 Å². The molecule has 0 bridgehead atoms. The molecule has 8 nitrogen and oxygen atoms in total. The Labute approximate surface area is 179 Å². The third-order valence-electron chi connectivity index (χ3n) is 5.15. The monoisotopic (exact) mass is 430 g/mol. The van der Waals surface area contributed by atoms with Gasteiger partial charge in [0.1, 0.15) is 0 Å². The normalized spacial score (nSPS) is 13.8. The second-order valence-electron chi connectivity index (χ2n) is 7.10. The number of anilines is 2. The van der Waals surface area contributed by atoms with E-state index in [4.69, 9.17) is 11.6 Å². The van der Waals surface area contributed by atoms with E-state index >= 15 is 0 Å². The van der Waals surface area contributed by atoms with Crippen LogP contribution >= 0.6 is 11.6 Å². The van der Waals surface area contributed by atoms with Gasteiger partial charge in [0, 0.05) is 54.8 Å². The number of halogens is 1. The van der Waals surface area contributed by atoms with E-state index in [9.17, 15) is 19.7 Å². The minimum atomic E-state index is -0.506. The van der Waals surface area contributed by atoms with E-state index < -0.39 is 10.8 Å². The highest BCUT2D eigenvalue weighted by atomic mass is 35.5. The molecule has 158 valence electrons. The van der Waals surface area contributed by atoms with Gasteiger partial charge in [0.25, 0.3) is 11.6 Å². The average molecular weight is 431 g/mol. The number of carbonyl (C=O) groups excluding carboxylic acids is 2. The molecule has 1 heterocycles. The fourth-order valence-electron chi connectivity index (χ4n) is 3.45. The summed E-state index contributed by atoms with van der Waals surface area (Å²) in [6.07, 6.45) is 0.477. The molecule has 1 fully saturated rings. The summed E-state index contributed by atoms with van der Waals surface area (Å²) in [7, 11) is 0. The second-order valence-corrected chi connectivity index (χ2v) is 7.53. The summed E-state index contributed by atoms with van der Waals surface area (Å²) in [4.78, 5) is 39.3. The summed E-state index contributed by atoms with van der Waals surface area (Å²) >= 11 is 6.14. The molecule has 1 aliphatic rings. The molecule has 0 aliphatic carbocycles. The lowest BCUT2D eigenvalue weighted by molar-refractivity contribution is -0.385. The number of aryl methyl sites for hydroxylation is 1. The number of carbonyl (C=O) groups is 2. The lowest BCUT2D eigenvalue weighted by Gasteiger charge is -2.37. The fourth-order valence-corrected chi connectivity index (χ4v) is 3.62. The molecular weight excluding hydrogens is 408 g/mol. The molecule has 2 amide bonds. The van der Waals surface area contributed by atoms with Crippen molar-refractivity contribution in [1.29, 1.82) is 0 Å². The highest BCUT2D eigenvalue weighted by Crippen LogP contribution is 2.31. The number of nitrogens with one attached hydrogen (secondary N) is 1. The maximum atomic E-state index is 12.8. The molecule has 0 atom stereocenters. The highest BCUT2D eigenvalue weighted by molar-refractivity contribution is 6.31. The number of nitro groups is 1. The van der Waals surface area contributed by atoms with Crippen LogP contribution in [0.2, 0.25) is 5.02 Å². The lowest BCUT2D eigenvalue weighted by Crippen LogP contribution is -2.48. The fraction of sp³-hybridized carbons (Fsp3) is 0.333. The van der Waals surface area contributed by atoms with Crippen molar-refractivity contribution in [2.24, 2.45) is 0 Å². The number of nitrogens with zero attached hydrogens (tertiary/aromatic N) is 3. The zero-order valence-corrected chi connectivity index (χ0v) is 17.6. The molecule has 1 saturated heterocycles. The Balaban J connectivity index is 1.81. The van der Waals surface area contributed by atoms with E-state index in [1.807, 2.05) is 17.9 Å². The van der Waals surface area contributed by atoms with Crippen molar-refractivity contribution in [1.82, 2.24) is 4.90 Å². The van der Waals surface area contributed by atoms with Crippen LogP contribution in [-0.4, -0.2) is 47.8 Å². The van der Waals surface area contributed by atoms with E-state index in [1.54, 1.807) is 31.2 Å². The second kappa shape index (κ2) is 9.13. The van der Waals surface area contributed by atoms with Crippen LogP contribution in [0.15, 0.2) is 36.4 Å². The van der Waals surface area contributed by atoms with Crippen LogP contribution in [0.25, 0.3) is 0 Å². The molecule has 3 rings (SSSR count). The summed E-state index contributed by atoms with van der Waals surface area (Å²) in [6, 6.07) is 9.59. The summed E-state index contributed by atoms with van der Waals surface area (Å²) in [5, 5.41) is 14.5. The van der Waals surface area contributed by atoms with Gasteiger partial charge in [-0.1, -0.05) is 24.6 Å². The van der Waals surface area contributed by atoms with Gasteiger partial charge < -0.3 is 15.1 Å². The van der Waals surface area contributed by atoms with Crippen molar-refractivity contribution in [2.45, 2.75) is 20.3 Å². The maximum absolute atomic E-state index is 12.8. The van der Waals surface area contributed by atoms with Gasteiger partial charge >= 0.3 is 0 Å². The first kappa shape index (κ1) is 21.6. The maximum Gasteiger partial charge on any atom is 0.273 e. The Morgan fingerprint density at radius 3 is 2.47 bits per heavy atom. The molecule has 1 aliphatic heterocycles. The van der Waals surface area contributed by atoms with Crippen molar-refractivity contribution in [3.63, 3.8) is 0 Å². The molecule has 0 unspecified atom stereocenters. The number of piperazine rings is 1. The quantitative estimate of drug-likeness (QED) is 0.573. The van der Waals surface area contributed by atoms with E-state index in [-0.39, 0.29) is 17.2 Å². The lowest BCUT2D eigenvalue weighted by atomic mass is 10.1. The van der Waals surface area contributed by atoms with Crippen LogP contribution in [0.1, 0.15) is 29.3 Å². The van der Waals surface area contributed by atoms with Crippen molar-refractivity contribution >= 4 is 40.5 Å². The third-order valence-corrected chi connectivity index (χ3v) is 5.39. The van der Waals surface area contributed by atoms with Crippen molar-refractivity contribution < 1.29 is 14.5 Å². The van der Waals surface area contributed by atoms with E-state index in [1.165, 1.54) is 6.07 Å². The molecule has 1 N–H and O–H groups in total. The molecule has 0 aromatic heterocycles. The first-order valence-electron chi connectivity index (χ1n) is 9.68. The topological polar surface area (TPSA) is 95.8 Å². The molecule has 2 aromatic rings. The molecular formula is C21H23ClN4O4. The van der Waals surface area contributed by atoms with Gasteiger partial charge in [-0.05, 0) is 31.2 Å². The minimum absolute atomic E-state index is 0.106. The van der Waals surface area contributed by atoms with Gasteiger partial charge in [-0.3, -0.25) is 19.7 Å². The van der Waals surface area contributed by atoms with Crippen LogP contribution in [0.4, 0.5) is 17.1 Å². The summed E-state index contributed by atoms with van der Waals surface area (Å²) in [5.41, 5.74) is 1.88. The predicted octanol–water partition coefficient (Wildman–Crippen LogP) is 3.87. The first-order chi connectivity index (χ1) is 14.3. The molecule has 0 saturated carbocycles. The molecule has 2 aromatic carbocycles. The van der Waals surface area contributed by atoms with Gasteiger partial charge in [-0.25, -0.2) is 0 Å². The van der Waals surface area contributed by atoms with Crippen molar-refractivity contribution in [2.75, 3.05) is 36.4 Å². The number of benzene rings is 2.